The highest BCUT2D eigenvalue weighted by molar-refractivity contribution is 6.01. The predicted molar refractivity (Wildman–Crippen MR) is 78.2 cm³/mol. The van der Waals surface area contributed by atoms with Crippen LogP contribution < -0.4 is 4.90 Å². The van der Waals surface area contributed by atoms with Gasteiger partial charge < -0.3 is 10.0 Å². The Morgan fingerprint density at radius 1 is 1.19 bits per heavy atom. The maximum Gasteiger partial charge on any atom is 0.312 e. The van der Waals surface area contributed by atoms with E-state index < -0.39 is 11.9 Å². The lowest BCUT2D eigenvalue weighted by Gasteiger charge is -2.19. The number of benzene rings is 1. The number of para-hydroxylation sites is 1. The zero-order valence-electron chi connectivity index (χ0n) is 11.9. The smallest absolute Gasteiger partial charge is 0.312 e. The molecule has 1 N–H and O–H groups in total. The highest BCUT2D eigenvalue weighted by atomic mass is 16.4. The second-order valence-electron chi connectivity index (χ2n) is 6.72. The Balaban J connectivity index is 1.62. The van der Waals surface area contributed by atoms with E-state index in [-0.39, 0.29) is 17.2 Å². The summed E-state index contributed by atoms with van der Waals surface area (Å²) in [6.07, 6.45) is 5.81. The summed E-state index contributed by atoms with van der Waals surface area (Å²) in [6, 6.07) is 7.43. The number of hydrogen-bond donors (Lipinski definition) is 1. The van der Waals surface area contributed by atoms with Crippen LogP contribution in [0.4, 0.5) is 5.69 Å². The average Bonchev–Trinajstić information content (AvgIpc) is 2.84. The maximum absolute atomic E-state index is 12.8. The third kappa shape index (κ3) is 1.81. The number of carboxylic acid groups (broad SMARTS) is 1. The van der Waals surface area contributed by atoms with Gasteiger partial charge in [-0.05, 0) is 36.3 Å². The van der Waals surface area contributed by atoms with Crippen LogP contribution in [-0.4, -0.2) is 23.5 Å². The summed E-state index contributed by atoms with van der Waals surface area (Å²) in [6.45, 7) is 0.292. The SMILES string of the molecule is O=C(O)C1CN(C(=O)C2CC23CCCC3)c2ccccc21. The van der Waals surface area contributed by atoms with E-state index in [2.05, 4.69) is 0 Å². The number of hydrogen-bond acceptors (Lipinski definition) is 2. The van der Waals surface area contributed by atoms with Gasteiger partial charge >= 0.3 is 5.97 Å². The van der Waals surface area contributed by atoms with Crippen LogP contribution in [-0.2, 0) is 9.59 Å². The first-order valence-electron chi connectivity index (χ1n) is 7.75. The van der Waals surface area contributed by atoms with E-state index in [1.54, 1.807) is 4.90 Å². The molecule has 1 spiro atoms. The molecule has 1 aromatic carbocycles. The van der Waals surface area contributed by atoms with Gasteiger partial charge in [-0.3, -0.25) is 9.59 Å². The number of anilines is 1. The average molecular weight is 285 g/mol. The number of nitrogens with zero attached hydrogens (tertiary/aromatic N) is 1. The first-order valence-corrected chi connectivity index (χ1v) is 7.75. The largest absolute Gasteiger partial charge is 0.481 e. The summed E-state index contributed by atoms with van der Waals surface area (Å²) in [5.74, 6) is -1.15. The van der Waals surface area contributed by atoms with Crippen LogP contribution in [0.3, 0.4) is 0 Å². The number of carboxylic acids is 1. The van der Waals surface area contributed by atoms with Gasteiger partial charge in [-0.2, -0.15) is 0 Å². The number of aliphatic carboxylic acids is 1. The molecule has 4 nitrogen and oxygen atoms in total. The molecule has 4 rings (SSSR count). The highest BCUT2D eigenvalue weighted by Crippen LogP contribution is 2.63. The van der Waals surface area contributed by atoms with E-state index in [9.17, 15) is 14.7 Å². The van der Waals surface area contributed by atoms with Gasteiger partial charge in [0.2, 0.25) is 5.91 Å². The fraction of sp³-hybridized carbons (Fsp3) is 0.529. The topological polar surface area (TPSA) is 57.6 Å². The molecule has 1 aromatic rings. The zero-order valence-corrected chi connectivity index (χ0v) is 11.9. The molecular weight excluding hydrogens is 266 g/mol. The van der Waals surface area contributed by atoms with E-state index in [4.69, 9.17) is 0 Å². The van der Waals surface area contributed by atoms with E-state index in [1.807, 2.05) is 24.3 Å². The summed E-state index contributed by atoms with van der Waals surface area (Å²) >= 11 is 0. The molecule has 0 saturated heterocycles. The summed E-state index contributed by atoms with van der Waals surface area (Å²) in [5.41, 5.74) is 1.84. The van der Waals surface area contributed by atoms with Crippen LogP contribution in [0, 0.1) is 11.3 Å². The molecular formula is C17H19NO3. The lowest BCUT2D eigenvalue weighted by Crippen LogP contribution is -2.33. The van der Waals surface area contributed by atoms with E-state index in [0.29, 0.717) is 6.54 Å². The molecule has 2 unspecified atom stereocenters. The number of carbonyl (C=O) groups is 2. The van der Waals surface area contributed by atoms with E-state index in [0.717, 1.165) is 17.7 Å². The van der Waals surface area contributed by atoms with E-state index in [1.165, 1.54) is 25.7 Å². The fourth-order valence-electron chi connectivity index (χ4n) is 4.34. The first-order chi connectivity index (χ1) is 10.1. The lowest BCUT2D eigenvalue weighted by molar-refractivity contribution is -0.138. The molecule has 1 amide bonds. The molecule has 1 aliphatic heterocycles. The van der Waals surface area contributed by atoms with Crippen LogP contribution in [0.1, 0.15) is 43.6 Å². The highest BCUT2D eigenvalue weighted by Gasteiger charge is 2.60. The second kappa shape index (κ2) is 4.33. The Labute approximate surface area is 123 Å². The molecule has 110 valence electrons. The van der Waals surface area contributed by atoms with Crippen LogP contribution in [0.25, 0.3) is 0 Å². The van der Waals surface area contributed by atoms with Gasteiger partial charge in [0.1, 0.15) is 5.92 Å². The number of fused-ring (bicyclic) bond motifs is 1. The maximum atomic E-state index is 12.8. The van der Waals surface area contributed by atoms with Crippen molar-refractivity contribution in [3.63, 3.8) is 0 Å². The van der Waals surface area contributed by atoms with Crippen molar-refractivity contribution in [2.75, 3.05) is 11.4 Å². The van der Waals surface area contributed by atoms with Crippen LogP contribution >= 0.6 is 0 Å². The minimum Gasteiger partial charge on any atom is -0.481 e. The fourth-order valence-corrected chi connectivity index (χ4v) is 4.34. The Hall–Kier alpha value is -1.84. The number of rotatable bonds is 2. The van der Waals surface area contributed by atoms with Gasteiger partial charge in [-0.1, -0.05) is 31.0 Å². The Kier molecular flexibility index (Phi) is 2.65. The minimum atomic E-state index is -0.843. The van der Waals surface area contributed by atoms with Crippen molar-refractivity contribution in [2.24, 2.45) is 11.3 Å². The third-order valence-corrected chi connectivity index (χ3v) is 5.62. The van der Waals surface area contributed by atoms with Gasteiger partial charge in [0.25, 0.3) is 0 Å². The summed E-state index contributed by atoms with van der Waals surface area (Å²) < 4.78 is 0. The summed E-state index contributed by atoms with van der Waals surface area (Å²) in [4.78, 5) is 26.0. The van der Waals surface area contributed by atoms with Crippen molar-refractivity contribution in [3.05, 3.63) is 29.8 Å². The number of amides is 1. The minimum absolute atomic E-state index is 0.126. The molecule has 2 aliphatic carbocycles. The normalized spacial score (nSPS) is 28.7. The zero-order chi connectivity index (χ0) is 14.6. The molecule has 4 heteroatoms. The van der Waals surface area contributed by atoms with Crippen molar-refractivity contribution >= 4 is 17.6 Å². The van der Waals surface area contributed by atoms with Crippen molar-refractivity contribution in [2.45, 2.75) is 38.0 Å². The summed E-state index contributed by atoms with van der Waals surface area (Å²) in [5, 5.41) is 9.38. The quantitative estimate of drug-likeness (QED) is 0.909. The molecule has 0 bridgehead atoms. The van der Waals surface area contributed by atoms with Gasteiger partial charge in [0.05, 0.1) is 0 Å². The van der Waals surface area contributed by atoms with Crippen molar-refractivity contribution < 1.29 is 14.7 Å². The monoisotopic (exact) mass is 285 g/mol. The Bertz CT molecular complexity index is 618. The second-order valence-corrected chi connectivity index (χ2v) is 6.72. The molecule has 2 fully saturated rings. The standard InChI is InChI=1S/C17H19NO3/c19-15(13-9-17(13)7-3-4-8-17)18-10-12(16(20)21)11-5-1-2-6-14(11)18/h1-2,5-6,12-13H,3-4,7-10H2,(H,20,21). The van der Waals surface area contributed by atoms with Crippen molar-refractivity contribution in [1.29, 1.82) is 0 Å². The molecule has 0 aromatic heterocycles. The van der Waals surface area contributed by atoms with Gasteiger partial charge in [-0.15, -0.1) is 0 Å². The van der Waals surface area contributed by atoms with Crippen molar-refractivity contribution in [3.8, 4) is 0 Å². The lowest BCUT2D eigenvalue weighted by atomic mass is 10.0. The van der Waals surface area contributed by atoms with Crippen LogP contribution in [0.2, 0.25) is 0 Å². The first kappa shape index (κ1) is 12.9. The Morgan fingerprint density at radius 2 is 1.90 bits per heavy atom. The van der Waals surface area contributed by atoms with Gasteiger partial charge in [0.15, 0.2) is 0 Å². The molecule has 3 aliphatic rings. The molecule has 2 saturated carbocycles. The van der Waals surface area contributed by atoms with Gasteiger partial charge in [0, 0.05) is 18.2 Å². The molecule has 2 atom stereocenters. The van der Waals surface area contributed by atoms with Gasteiger partial charge in [-0.25, -0.2) is 0 Å². The predicted octanol–water partition coefficient (Wildman–Crippen LogP) is 2.78. The Morgan fingerprint density at radius 3 is 2.62 bits per heavy atom. The van der Waals surface area contributed by atoms with E-state index >= 15 is 0 Å². The van der Waals surface area contributed by atoms with Crippen molar-refractivity contribution in [1.82, 2.24) is 0 Å². The van der Waals surface area contributed by atoms with Crippen LogP contribution in [0.5, 0.6) is 0 Å². The third-order valence-electron chi connectivity index (χ3n) is 5.62. The molecule has 1 heterocycles. The molecule has 0 radical (unpaired) electrons. The molecule has 21 heavy (non-hydrogen) atoms. The number of carbonyl (C=O) groups excluding carboxylic acids is 1. The van der Waals surface area contributed by atoms with Crippen LogP contribution in [0.15, 0.2) is 24.3 Å². The summed E-state index contributed by atoms with van der Waals surface area (Å²) in [7, 11) is 0.